The Hall–Kier alpha value is -2.44. The van der Waals surface area contributed by atoms with Crippen molar-refractivity contribution in [3.8, 4) is 5.75 Å². The molecular formula is C20H22FNO4. The first-order valence-corrected chi connectivity index (χ1v) is 8.62. The number of nitrogens with one attached hydrogen (secondary N) is 1. The van der Waals surface area contributed by atoms with Gasteiger partial charge in [0.15, 0.2) is 0 Å². The predicted octanol–water partition coefficient (Wildman–Crippen LogP) is 2.70. The minimum Gasteiger partial charge on any atom is -0.486 e. The SMILES string of the molecule is O=C(COCc1ccccc1)N[C@@H]1CCOC[C@H]1Oc1cccc(F)c1. The summed E-state index contributed by atoms with van der Waals surface area (Å²) < 4.78 is 30.0. The lowest BCUT2D eigenvalue weighted by molar-refractivity contribution is -0.129. The van der Waals surface area contributed by atoms with Gasteiger partial charge < -0.3 is 19.5 Å². The molecule has 2 atom stereocenters. The van der Waals surface area contributed by atoms with E-state index in [0.29, 0.717) is 32.0 Å². The zero-order valence-corrected chi connectivity index (χ0v) is 14.4. The highest BCUT2D eigenvalue weighted by Crippen LogP contribution is 2.18. The van der Waals surface area contributed by atoms with Crippen molar-refractivity contribution in [2.45, 2.75) is 25.2 Å². The third kappa shape index (κ3) is 5.54. The van der Waals surface area contributed by atoms with Gasteiger partial charge in [-0.3, -0.25) is 4.79 Å². The van der Waals surface area contributed by atoms with Crippen molar-refractivity contribution in [3.63, 3.8) is 0 Å². The molecule has 0 aromatic heterocycles. The van der Waals surface area contributed by atoms with Gasteiger partial charge in [0.2, 0.25) is 5.91 Å². The van der Waals surface area contributed by atoms with Crippen LogP contribution in [0.15, 0.2) is 54.6 Å². The summed E-state index contributed by atoms with van der Waals surface area (Å²) in [6, 6.07) is 15.4. The lowest BCUT2D eigenvalue weighted by Gasteiger charge is -2.32. The molecule has 138 valence electrons. The van der Waals surface area contributed by atoms with Crippen LogP contribution in [0.2, 0.25) is 0 Å². The topological polar surface area (TPSA) is 56.8 Å². The van der Waals surface area contributed by atoms with Gasteiger partial charge >= 0.3 is 0 Å². The van der Waals surface area contributed by atoms with Gasteiger partial charge in [0, 0.05) is 12.7 Å². The number of rotatable bonds is 7. The van der Waals surface area contributed by atoms with Crippen LogP contribution < -0.4 is 10.1 Å². The maximum absolute atomic E-state index is 13.3. The molecule has 1 aliphatic rings. The van der Waals surface area contributed by atoms with Crippen LogP contribution in [0, 0.1) is 5.82 Å². The summed E-state index contributed by atoms with van der Waals surface area (Å²) in [6.07, 6.45) is 0.258. The smallest absolute Gasteiger partial charge is 0.246 e. The van der Waals surface area contributed by atoms with Crippen LogP contribution in [-0.4, -0.2) is 37.9 Å². The molecule has 1 heterocycles. The van der Waals surface area contributed by atoms with Crippen molar-refractivity contribution < 1.29 is 23.4 Å². The predicted molar refractivity (Wildman–Crippen MR) is 94.3 cm³/mol. The van der Waals surface area contributed by atoms with E-state index in [1.54, 1.807) is 12.1 Å². The second-order valence-corrected chi connectivity index (χ2v) is 6.13. The number of hydrogen-bond acceptors (Lipinski definition) is 4. The number of carbonyl (C=O) groups excluding carboxylic acids is 1. The Labute approximate surface area is 152 Å². The van der Waals surface area contributed by atoms with E-state index in [2.05, 4.69) is 5.32 Å². The molecule has 1 N–H and O–H groups in total. The van der Waals surface area contributed by atoms with E-state index in [1.807, 2.05) is 30.3 Å². The van der Waals surface area contributed by atoms with Gasteiger partial charge in [0.25, 0.3) is 0 Å². The van der Waals surface area contributed by atoms with Crippen molar-refractivity contribution in [1.29, 1.82) is 0 Å². The molecule has 2 aromatic rings. The van der Waals surface area contributed by atoms with Crippen LogP contribution in [0.3, 0.4) is 0 Å². The van der Waals surface area contributed by atoms with E-state index in [0.717, 1.165) is 5.56 Å². The Morgan fingerprint density at radius 2 is 2.04 bits per heavy atom. The normalized spacial score (nSPS) is 19.7. The molecule has 1 saturated heterocycles. The minimum atomic E-state index is -0.372. The molecule has 1 fully saturated rings. The number of carbonyl (C=O) groups is 1. The van der Waals surface area contributed by atoms with Crippen molar-refractivity contribution in [2.75, 3.05) is 19.8 Å². The summed E-state index contributed by atoms with van der Waals surface area (Å²) in [5, 5.41) is 2.93. The molecule has 6 heteroatoms. The summed E-state index contributed by atoms with van der Waals surface area (Å²) in [7, 11) is 0. The van der Waals surface area contributed by atoms with Crippen molar-refractivity contribution in [2.24, 2.45) is 0 Å². The summed E-state index contributed by atoms with van der Waals surface area (Å²) in [5.74, 6) is -0.158. The highest BCUT2D eigenvalue weighted by Gasteiger charge is 2.29. The number of hydrogen-bond donors (Lipinski definition) is 1. The third-order valence-electron chi connectivity index (χ3n) is 4.08. The molecule has 3 rings (SSSR count). The standard InChI is InChI=1S/C20H22FNO4/c21-16-7-4-8-17(11-16)26-19-13-24-10-9-18(19)22-20(23)14-25-12-15-5-2-1-3-6-15/h1-8,11,18-19H,9-10,12-14H2,(H,22,23)/t18-,19-/m1/s1. The van der Waals surface area contributed by atoms with Gasteiger partial charge in [-0.1, -0.05) is 36.4 Å². The maximum atomic E-state index is 13.3. The summed E-state index contributed by atoms with van der Waals surface area (Å²) >= 11 is 0. The van der Waals surface area contributed by atoms with Crippen molar-refractivity contribution in [1.82, 2.24) is 5.32 Å². The number of ether oxygens (including phenoxy) is 3. The third-order valence-corrected chi connectivity index (χ3v) is 4.08. The molecule has 1 aliphatic heterocycles. The van der Waals surface area contributed by atoms with Crippen LogP contribution in [0.5, 0.6) is 5.75 Å². The highest BCUT2D eigenvalue weighted by molar-refractivity contribution is 5.77. The second kappa shape index (κ2) is 9.31. The van der Waals surface area contributed by atoms with Gasteiger partial charge in [-0.15, -0.1) is 0 Å². The van der Waals surface area contributed by atoms with Crippen LogP contribution in [-0.2, 0) is 20.9 Å². The van der Waals surface area contributed by atoms with E-state index in [1.165, 1.54) is 12.1 Å². The van der Waals surface area contributed by atoms with Crippen molar-refractivity contribution >= 4 is 5.91 Å². The molecule has 5 nitrogen and oxygen atoms in total. The fourth-order valence-corrected chi connectivity index (χ4v) is 2.79. The van der Waals surface area contributed by atoms with E-state index in [4.69, 9.17) is 14.2 Å². The molecule has 26 heavy (non-hydrogen) atoms. The molecule has 0 spiro atoms. The molecule has 0 radical (unpaired) electrons. The number of benzene rings is 2. The number of amides is 1. The quantitative estimate of drug-likeness (QED) is 0.826. The first kappa shape index (κ1) is 18.4. The van der Waals surface area contributed by atoms with Gasteiger partial charge in [0.05, 0.1) is 19.3 Å². The first-order valence-electron chi connectivity index (χ1n) is 8.62. The molecular weight excluding hydrogens is 337 g/mol. The Morgan fingerprint density at radius 3 is 2.85 bits per heavy atom. The average Bonchev–Trinajstić information content (AvgIpc) is 2.64. The van der Waals surface area contributed by atoms with E-state index in [9.17, 15) is 9.18 Å². The molecule has 0 aliphatic carbocycles. The molecule has 0 saturated carbocycles. The zero-order valence-electron chi connectivity index (χ0n) is 14.4. The number of halogens is 1. The molecule has 0 bridgehead atoms. The Morgan fingerprint density at radius 1 is 1.19 bits per heavy atom. The van der Waals surface area contributed by atoms with Gasteiger partial charge in [0.1, 0.15) is 24.3 Å². The second-order valence-electron chi connectivity index (χ2n) is 6.13. The van der Waals surface area contributed by atoms with E-state index < -0.39 is 0 Å². The van der Waals surface area contributed by atoms with Crippen LogP contribution in [0.1, 0.15) is 12.0 Å². The first-order chi connectivity index (χ1) is 12.7. The minimum absolute atomic E-state index is 0.0288. The fraction of sp³-hybridized carbons (Fsp3) is 0.350. The van der Waals surface area contributed by atoms with Crippen LogP contribution >= 0.6 is 0 Å². The molecule has 1 amide bonds. The van der Waals surface area contributed by atoms with Gasteiger partial charge in [-0.25, -0.2) is 4.39 Å². The molecule has 0 unspecified atom stereocenters. The monoisotopic (exact) mass is 359 g/mol. The van der Waals surface area contributed by atoms with Gasteiger partial charge in [-0.05, 0) is 24.1 Å². The Kier molecular flexibility index (Phi) is 6.57. The average molecular weight is 359 g/mol. The van der Waals surface area contributed by atoms with Gasteiger partial charge in [-0.2, -0.15) is 0 Å². The molecule has 2 aromatic carbocycles. The lowest BCUT2D eigenvalue weighted by Crippen LogP contribution is -2.52. The van der Waals surface area contributed by atoms with Crippen molar-refractivity contribution in [3.05, 3.63) is 66.0 Å². The lowest BCUT2D eigenvalue weighted by atomic mass is 10.1. The summed E-state index contributed by atoms with van der Waals surface area (Å²) in [5.41, 5.74) is 1.01. The Bertz CT molecular complexity index is 710. The Balaban J connectivity index is 1.48. The maximum Gasteiger partial charge on any atom is 0.246 e. The highest BCUT2D eigenvalue weighted by atomic mass is 19.1. The largest absolute Gasteiger partial charge is 0.486 e. The van der Waals surface area contributed by atoms with Crippen LogP contribution in [0.4, 0.5) is 4.39 Å². The zero-order chi connectivity index (χ0) is 18.2. The summed E-state index contributed by atoms with van der Waals surface area (Å²) in [6.45, 7) is 1.23. The van der Waals surface area contributed by atoms with Crippen LogP contribution in [0.25, 0.3) is 0 Å². The van der Waals surface area contributed by atoms with E-state index >= 15 is 0 Å². The fourth-order valence-electron chi connectivity index (χ4n) is 2.79. The summed E-state index contributed by atoms with van der Waals surface area (Å²) in [4.78, 5) is 12.2. The van der Waals surface area contributed by atoms with E-state index in [-0.39, 0.29) is 30.5 Å².